The summed E-state index contributed by atoms with van der Waals surface area (Å²) < 4.78 is 52.8. The zero-order valence-electron chi connectivity index (χ0n) is 18.9. The van der Waals surface area contributed by atoms with E-state index >= 15 is 0 Å². The summed E-state index contributed by atoms with van der Waals surface area (Å²) in [5.74, 6) is 0.378. The molecular formula is C24H29FN2O5S. The normalized spacial score (nSPS) is 18.6. The molecule has 178 valence electrons. The number of carbonyl (C=O) groups excluding carboxylic acids is 1. The maximum atomic E-state index is 13.7. The molecule has 2 aliphatic rings. The van der Waals surface area contributed by atoms with Crippen molar-refractivity contribution >= 4 is 15.9 Å². The van der Waals surface area contributed by atoms with Gasteiger partial charge < -0.3 is 14.4 Å². The molecule has 0 unspecified atom stereocenters. The molecule has 0 atom stereocenters. The standard InChI is InChI=1S/C24H29FN2O5S/c1-18-17-21(8-9-22(18)25)33(29,30)27-15-16-32-24(27)11-13-26(14-12-24)23(28)10-5-19-3-6-20(31-2)7-4-19/h3-4,6-9,17H,5,10-16H2,1-2H3. The van der Waals surface area contributed by atoms with Crippen molar-refractivity contribution < 1.29 is 27.1 Å². The minimum absolute atomic E-state index is 0.0437. The van der Waals surface area contributed by atoms with Crippen LogP contribution in [0.2, 0.25) is 0 Å². The second-order valence-electron chi connectivity index (χ2n) is 8.51. The number of benzene rings is 2. The maximum absolute atomic E-state index is 13.7. The van der Waals surface area contributed by atoms with E-state index in [9.17, 15) is 17.6 Å². The fourth-order valence-corrected chi connectivity index (χ4v) is 6.35. The van der Waals surface area contributed by atoms with E-state index in [0.29, 0.717) is 45.4 Å². The van der Waals surface area contributed by atoms with Gasteiger partial charge in [-0.1, -0.05) is 12.1 Å². The maximum Gasteiger partial charge on any atom is 0.245 e. The van der Waals surface area contributed by atoms with Crippen molar-refractivity contribution in [3.8, 4) is 5.75 Å². The number of hydrogen-bond acceptors (Lipinski definition) is 5. The molecule has 2 aromatic rings. The van der Waals surface area contributed by atoms with Gasteiger partial charge in [-0.2, -0.15) is 4.31 Å². The molecule has 1 amide bonds. The predicted molar refractivity (Wildman–Crippen MR) is 121 cm³/mol. The molecule has 0 aromatic heterocycles. The highest BCUT2D eigenvalue weighted by atomic mass is 32.2. The second kappa shape index (κ2) is 9.40. The number of piperidine rings is 1. The van der Waals surface area contributed by atoms with Gasteiger partial charge in [0.05, 0.1) is 18.6 Å². The molecule has 2 saturated heterocycles. The number of amides is 1. The molecular weight excluding hydrogens is 447 g/mol. The Balaban J connectivity index is 1.39. The molecule has 4 rings (SSSR count). The van der Waals surface area contributed by atoms with E-state index in [4.69, 9.17) is 9.47 Å². The average Bonchev–Trinajstić information content (AvgIpc) is 3.23. The van der Waals surface area contributed by atoms with Crippen molar-refractivity contribution in [1.29, 1.82) is 0 Å². The smallest absolute Gasteiger partial charge is 0.245 e. The quantitative estimate of drug-likeness (QED) is 0.640. The Labute approximate surface area is 194 Å². The highest BCUT2D eigenvalue weighted by Gasteiger charge is 2.50. The predicted octanol–water partition coefficient (Wildman–Crippen LogP) is 3.12. The minimum atomic E-state index is -3.85. The lowest BCUT2D eigenvalue weighted by atomic mass is 10.00. The van der Waals surface area contributed by atoms with Crippen molar-refractivity contribution in [2.75, 3.05) is 33.4 Å². The first kappa shape index (κ1) is 23.7. The van der Waals surface area contributed by atoms with Gasteiger partial charge in [-0.3, -0.25) is 4.79 Å². The first-order valence-electron chi connectivity index (χ1n) is 11.1. The van der Waals surface area contributed by atoms with Gasteiger partial charge in [-0.25, -0.2) is 12.8 Å². The van der Waals surface area contributed by atoms with Crippen molar-refractivity contribution in [3.05, 3.63) is 59.4 Å². The van der Waals surface area contributed by atoms with Crippen LogP contribution in [0.15, 0.2) is 47.4 Å². The van der Waals surface area contributed by atoms with Gasteiger partial charge in [0.1, 0.15) is 17.3 Å². The van der Waals surface area contributed by atoms with Gasteiger partial charge in [-0.05, 0) is 54.8 Å². The molecule has 0 radical (unpaired) electrons. The fraction of sp³-hybridized carbons (Fsp3) is 0.458. The molecule has 2 heterocycles. The van der Waals surface area contributed by atoms with Crippen LogP contribution < -0.4 is 4.74 Å². The van der Waals surface area contributed by atoms with Crippen LogP contribution in [-0.4, -0.2) is 62.6 Å². The summed E-state index contributed by atoms with van der Waals surface area (Å²) >= 11 is 0. The number of rotatable bonds is 6. The summed E-state index contributed by atoms with van der Waals surface area (Å²) in [6.07, 6.45) is 1.82. The van der Waals surface area contributed by atoms with Crippen molar-refractivity contribution in [2.45, 2.75) is 43.2 Å². The van der Waals surface area contributed by atoms with Crippen LogP contribution in [0.3, 0.4) is 0 Å². The third kappa shape index (κ3) is 4.76. The van der Waals surface area contributed by atoms with Crippen LogP contribution >= 0.6 is 0 Å². The summed E-state index contributed by atoms with van der Waals surface area (Å²) in [5, 5.41) is 0. The minimum Gasteiger partial charge on any atom is -0.497 e. The Bertz CT molecular complexity index is 1110. The second-order valence-corrected chi connectivity index (χ2v) is 10.4. The van der Waals surface area contributed by atoms with Crippen molar-refractivity contribution in [3.63, 3.8) is 0 Å². The number of aryl methyl sites for hydroxylation is 2. The van der Waals surface area contributed by atoms with Crippen LogP contribution in [0.5, 0.6) is 5.75 Å². The molecule has 2 fully saturated rings. The van der Waals surface area contributed by atoms with Crippen molar-refractivity contribution in [2.24, 2.45) is 0 Å². The SMILES string of the molecule is COc1ccc(CCC(=O)N2CCC3(CC2)OCCN3S(=O)(=O)c2ccc(F)c(C)c2)cc1. The number of sulfonamides is 1. The van der Waals surface area contributed by atoms with E-state index in [-0.39, 0.29) is 22.9 Å². The van der Waals surface area contributed by atoms with Crippen LogP contribution in [0, 0.1) is 12.7 Å². The van der Waals surface area contributed by atoms with Crippen LogP contribution in [-0.2, 0) is 26.0 Å². The number of methoxy groups -OCH3 is 1. The van der Waals surface area contributed by atoms with Gasteiger partial charge in [-0.15, -0.1) is 0 Å². The average molecular weight is 477 g/mol. The van der Waals surface area contributed by atoms with E-state index in [2.05, 4.69) is 0 Å². The molecule has 33 heavy (non-hydrogen) atoms. The molecule has 1 spiro atoms. The van der Waals surface area contributed by atoms with Crippen molar-refractivity contribution in [1.82, 2.24) is 9.21 Å². The number of carbonyl (C=O) groups is 1. The summed E-state index contributed by atoms with van der Waals surface area (Å²) in [5.41, 5.74) is 0.375. The zero-order chi connectivity index (χ0) is 23.6. The molecule has 0 N–H and O–H groups in total. The third-order valence-corrected chi connectivity index (χ3v) is 8.47. The number of ether oxygens (including phenoxy) is 2. The third-order valence-electron chi connectivity index (χ3n) is 6.52. The Morgan fingerprint density at radius 3 is 2.45 bits per heavy atom. The Kier molecular flexibility index (Phi) is 6.74. The number of halogens is 1. The molecule has 7 nitrogen and oxygen atoms in total. The zero-order valence-corrected chi connectivity index (χ0v) is 19.7. The monoisotopic (exact) mass is 476 g/mol. The topological polar surface area (TPSA) is 76.2 Å². The Morgan fingerprint density at radius 1 is 1.12 bits per heavy atom. The van der Waals surface area contributed by atoms with Gasteiger partial charge in [0.15, 0.2) is 0 Å². The number of likely N-dealkylation sites (tertiary alicyclic amines) is 1. The highest BCUT2D eigenvalue weighted by Crippen LogP contribution is 2.38. The van der Waals surface area contributed by atoms with E-state index in [1.807, 2.05) is 24.3 Å². The molecule has 0 aliphatic carbocycles. The molecule has 9 heteroatoms. The lowest BCUT2D eigenvalue weighted by Gasteiger charge is -2.42. The number of hydrogen-bond donors (Lipinski definition) is 0. The number of nitrogens with zero attached hydrogens (tertiary/aromatic N) is 2. The van der Waals surface area contributed by atoms with Gasteiger partial charge in [0.25, 0.3) is 0 Å². The molecule has 0 saturated carbocycles. The van der Waals surface area contributed by atoms with Gasteiger partial charge in [0.2, 0.25) is 15.9 Å². The van der Waals surface area contributed by atoms with Crippen LogP contribution in [0.25, 0.3) is 0 Å². The molecule has 2 aliphatic heterocycles. The lowest BCUT2D eigenvalue weighted by molar-refractivity contribution is -0.140. The summed E-state index contributed by atoms with van der Waals surface area (Å²) in [6, 6.07) is 11.5. The van der Waals surface area contributed by atoms with Gasteiger partial charge in [0, 0.05) is 38.9 Å². The summed E-state index contributed by atoms with van der Waals surface area (Å²) in [4.78, 5) is 14.6. The van der Waals surface area contributed by atoms with E-state index in [0.717, 1.165) is 11.3 Å². The van der Waals surface area contributed by atoms with E-state index in [1.165, 1.54) is 22.5 Å². The van der Waals surface area contributed by atoms with E-state index < -0.39 is 21.6 Å². The largest absolute Gasteiger partial charge is 0.497 e. The fourth-order valence-electron chi connectivity index (χ4n) is 4.54. The van der Waals surface area contributed by atoms with Gasteiger partial charge >= 0.3 is 0 Å². The first-order chi connectivity index (χ1) is 15.7. The first-order valence-corrected chi connectivity index (χ1v) is 12.5. The van der Waals surface area contributed by atoms with E-state index in [1.54, 1.807) is 18.9 Å². The molecule has 0 bridgehead atoms. The summed E-state index contributed by atoms with van der Waals surface area (Å²) in [7, 11) is -2.23. The summed E-state index contributed by atoms with van der Waals surface area (Å²) in [6.45, 7) is 2.93. The Morgan fingerprint density at radius 2 is 1.82 bits per heavy atom. The van der Waals surface area contributed by atoms with Crippen LogP contribution in [0.1, 0.15) is 30.4 Å². The molecule has 2 aromatic carbocycles. The highest BCUT2D eigenvalue weighted by molar-refractivity contribution is 7.89. The lowest BCUT2D eigenvalue weighted by Crippen LogP contribution is -2.55. The Hall–Kier alpha value is -2.49. The van der Waals surface area contributed by atoms with Crippen LogP contribution in [0.4, 0.5) is 4.39 Å².